The van der Waals surface area contributed by atoms with Gasteiger partial charge in [-0.3, -0.25) is 4.79 Å². The van der Waals surface area contributed by atoms with Gasteiger partial charge >= 0.3 is 0 Å². The average Bonchev–Trinajstić information content (AvgIpc) is 2.14. The maximum atomic E-state index is 11.6. The Morgan fingerprint density at radius 3 is 2.20 bits per heavy atom. The van der Waals surface area contributed by atoms with Crippen molar-refractivity contribution in [3.05, 3.63) is 0 Å². The molecule has 4 heteroatoms. The van der Waals surface area contributed by atoms with Crippen molar-refractivity contribution in [3.63, 3.8) is 0 Å². The third-order valence-corrected chi connectivity index (χ3v) is 3.91. The third kappa shape index (κ3) is 1.24. The standard InChI is InChI=1S/C11H19NO3/c1-7(2)8-10(9(13)12-8)5-11(6-10,14-3)15-4/h7-8H,5-6H2,1-4H3,(H,12,13)/t8-/m1/s1. The zero-order valence-corrected chi connectivity index (χ0v) is 9.79. The highest BCUT2D eigenvalue weighted by atomic mass is 16.7. The minimum absolute atomic E-state index is 0.158. The lowest BCUT2D eigenvalue weighted by Gasteiger charge is -2.62. The molecule has 0 unspecified atom stereocenters. The molecule has 0 aromatic rings. The fourth-order valence-electron chi connectivity index (χ4n) is 2.95. The summed E-state index contributed by atoms with van der Waals surface area (Å²) in [5.74, 6) is 0.102. The molecule has 2 aliphatic rings. The van der Waals surface area contributed by atoms with Crippen LogP contribution in [-0.4, -0.2) is 32.0 Å². The van der Waals surface area contributed by atoms with Crippen LogP contribution < -0.4 is 5.32 Å². The van der Waals surface area contributed by atoms with Gasteiger partial charge in [0.1, 0.15) is 0 Å². The van der Waals surface area contributed by atoms with Crippen LogP contribution in [0.5, 0.6) is 0 Å². The summed E-state index contributed by atoms with van der Waals surface area (Å²) < 4.78 is 10.7. The number of ether oxygens (including phenoxy) is 2. The lowest BCUT2D eigenvalue weighted by molar-refractivity contribution is -0.306. The minimum atomic E-state index is -0.523. The molecule has 1 atom stereocenters. The Kier molecular flexibility index (Phi) is 2.32. The zero-order valence-electron chi connectivity index (χ0n) is 9.79. The second-order valence-corrected chi connectivity index (χ2v) is 5.02. The highest BCUT2D eigenvalue weighted by Crippen LogP contribution is 2.58. The monoisotopic (exact) mass is 213 g/mol. The topological polar surface area (TPSA) is 47.6 Å². The molecule has 1 saturated carbocycles. The maximum absolute atomic E-state index is 11.6. The molecule has 1 aliphatic heterocycles. The Labute approximate surface area is 90.3 Å². The summed E-state index contributed by atoms with van der Waals surface area (Å²) in [6.45, 7) is 4.26. The quantitative estimate of drug-likeness (QED) is 0.560. The van der Waals surface area contributed by atoms with Gasteiger partial charge in [0.15, 0.2) is 5.79 Å². The number of carbonyl (C=O) groups excluding carboxylic acids is 1. The van der Waals surface area contributed by atoms with Crippen LogP contribution in [0.3, 0.4) is 0 Å². The Morgan fingerprint density at radius 2 is 1.87 bits per heavy atom. The summed E-state index contributed by atoms with van der Waals surface area (Å²) in [5, 5.41) is 2.97. The summed E-state index contributed by atoms with van der Waals surface area (Å²) in [4.78, 5) is 11.6. The average molecular weight is 213 g/mol. The van der Waals surface area contributed by atoms with Gasteiger partial charge in [-0.15, -0.1) is 0 Å². The lowest BCUT2D eigenvalue weighted by Crippen LogP contribution is -2.77. The Balaban J connectivity index is 2.09. The van der Waals surface area contributed by atoms with Gasteiger partial charge in [-0.2, -0.15) is 0 Å². The number of rotatable bonds is 3. The first-order valence-corrected chi connectivity index (χ1v) is 5.41. The number of hydrogen-bond donors (Lipinski definition) is 1. The molecule has 0 aromatic heterocycles. The van der Waals surface area contributed by atoms with Gasteiger partial charge in [0.25, 0.3) is 0 Å². The summed E-state index contributed by atoms with van der Waals surface area (Å²) in [6, 6.07) is 0.281. The second kappa shape index (κ2) is 3.19. The summed E-state index contributed by atoms with van der Waals surface area (Å²) in [5.41, 5.74) is -0.222. The molecule has 86 valence electrons. The first-order valence-electron chi connectivity index (χ1n) is 5.41. The van der Waals surface area contributed by atoms with Crippen molar-refractivity contribution in [1.29, 1.82) is 0 Å². The van der Waals surface area contributed by atoms with Gasteiger partial charge in [0.2, 0.25) is 5.91 Å². The molecule has 1 heterocycles. The fraction of sp³-hybridized carbons (Fsp3) is 0.909. The number of methoxy groups -OCH3 is 2. The van der Waals surface area contributed by atoms with Crippen molar-refractivity contribution in [2.75, 3.05) is 14.2 Å². The van der Waals surface area contributed by atoms with Crippen molar-refractivity contribution >= 4 is 5.91 Å². The van der Waals surface area contributed by atoms with E-state index in [1.807, 2.05) is 0 Å². The predicted molar refractivity (Wildman–Crippen MR) is 55.2 cm³/mol. The van der Waals surface area contributed by atoms with Crippen molar-refractivity contribution in [3.8, 4) is 0 Å². The molecule has 2 rings (SSSR count). The van der Waals surface area contributed by atoms with Crippen molar-refractivity contribution in [2.45, 2.75) is 38.5 Å². The van der Waals surface area contributed by atoms with E-state index in [4.69, 9.17) is 9.47 Å². The summed E-state index contributed by atoms with van der Waals surface area (Å²) in [6.07, 6.45) is 1.36. The lowest BCUT2D eigenvalue weighted by atomic mass is 9.53. The van der Waals surface area contributed by atoms with Crippen molar-refractivity contribution in [2.24, 2.45) is 11.3 Å². The SMILES string of the molecule is COC1(OC)CC2(C1)C(=O)N[C@@H]2C(C)C. The van der Waals surface area contributed by atoms with Gasteiger partial charge in [-0.05, 0) is 5.92 Å². The van der Waals surface area contributed by atoms with E-state index >= 15 is 0 Å². The van der Waals surface area contributed by atoms with E-state index in [0.717, 1.165) is 0 Å². The highest BCUT2D eigenvalue weighted by molar-refractivity contribution is 5.91. The molecule has 15 heavy (non-hydrogen) atoms. The van der Waals surface area contributed by atoms with Crippen LogP contribution in [-0.2, 0) is 14.3 Å². The van der Waals surface area contributed by atoms with E-state index in [-0.39, 0.29) is 17.4 Å². The molecule has 0 radical (unpaired) electrons. The highest BCUT2D eigenvalue weighted by Gasteiger charge is 2.69. The largest absolute Gasteiger partial charge is 0.353 e. The molecular formula is C11H19NO3. The van der Waals surface area contributed by atoms with Crippen LogP contribution >= 0.6 is 0 Å². The zero-order chi connectivity index (χ0) is 11.3. The predicted octanol–water partition coefficient (Wildman–Crippen LogP) is 0.910. The Hall–Kier alpha value is -0.610. The first kappa shape index (κ1) is 10.9. The van der Waals surface area contributed by atoms with Crippen LogP contribution in [0.4, 0.5) is 0 Å². The van der Waals surface area contributed by atoms with Gasteiger partial charge < -0.3 is 14.8 Å². The molecule has 2 fully saturated rings. The van der Waals surface area contributed by atoms with E-state index in [0.29, 0.717) is 18.8 Å². The molecule has 0 bridgehead atoms. The van der Waals surface area contributed by atoms with Gasteiger partial charge in [-0.25, -0.2) is 0 Å². The van der Waals surface area contributed by atoms with Gasteiger partial charge in [0.05, 0.1) is 5.41 Å². The number of amides is 1. The Bertz CT molecular complexity index is 276. The van der Waals surface area contributed by atoms with Crippen LogP contribution in [0.2, 0.25) is 0 Å². The van der Waals surface area contributed by atoms with Crippen molar-refractivity contribution in [1.82, 2.24) is 5.32 Å². The normalized spacial score (nSPS) is 31.0. The molecule has 1 aliphatic carbocycles. The van der Waals surface area contributed by atoms with Crippen LogP contribution in [0.15, 0.2) is 0 Å². The van der Waals surface area contributed by atoms with Gasteiger partial charge in [-0.1, -0.05) is 13.8 Å². The number of carbonyl (C=O) groups is 1. The van der Waals surface area contributed by atoms with Crippen LogP contribution in [0, 0.1) is 11.3 Å². The number of β-lactam (4-membered cyclic amide) rings is 1. The van der Waals surface area contributed by atoms with Crippen LogP contribution in [0.25, 0.3) is 0 Å². The minimum Gasteiger partial charge on any atom is -0.353 e. The molecule has 4 nitrogen and oxygen atoms in total. The van der Waals surface area contributed by atoms with E-state index in [1.165, 1.54) is 0 Å². The number of nitrogens with one attached hydrogen (secondary N) is 1. The molecule has 1 amide bonds. The maximum Gasteiger partial charge on any atom is 0.228 e. The van der Waals surface area contributed by atoms with E-state index in [1.54, 1.807) is 14.2 Å². The number of hydrogen-bond acceptors (Lipinski definition) is 3. The van der Waals surface area contributed by atoms with E-state index < -0.39 is 5.79 Å². The van der Waals surface area contributed by atoms with Gasteiger partial charge in [0, 0.05) is 33.1 Å². The second-order valence-electron chi connectivity index (χ2n) is 5.02. The summed E-state index contributed by atoms with van der Waals surface area (Å²) in [7, 11) is 3.27. The summed E-state index contributed by atoms with van der Waals surface area (Å²) >= 11 is 0. The first-order chi connectivity index (χ1) is 6.99. The van der Waals surface area contributed by atoms with Crippen molar-refractivity contribution < 1.29 is 14.3 Å². The van der Waals surface area contributed by atoms with E-state index in [9.17, 15) is 4.79 Å². The molecule has 1 N–H and O–H groups in total. The van der Waals surface area contributed by atoms with E-state index in [2.05, 4.69) is 19.2 Å². The Morgan fingerprint density at radius 1 is 1.33 bits per heavy atom. The van der Waals surface area contributed by atoms with Crippen LogP contribution in [0.1, 0.15) is 26.7 Å². The molecular weight excluding hydrogens is 194 g/mol. The smallest absolute Gasteiger partial charge is 0.228 e. The molecule has 0 aromatic carbocycles. The molecule has 1 saturated heterocycles. The third-order valence-electron chi connectivity index (χ3n) is 3.91. The fourth-order valence-corrected chi connectivity index (χ4v) is 2.95. The molecule has 1 spiro atoms.